The highest BCUT2D eigenvalue weighted by atomic mass is 32.2. The highest BCUT2D eigenvalue weighted by Crippen LogP contribution is 2.40. The highest BCUT2D eigenvalue weighted by molar-refractivity contribution is 7.99. The number of rotatable bonds is 5. The Balaban J connectivity index is 1.89. The second-order valence-electron chi connectivity index (χ2n) is 6.24. The van der Waals surface area contributed by atoms with E-state index in [-0.39, 0.29) is 23.9 Å². The van der Waals surface area contributed by atoms with E-state index in [0.29, 0.717) is 6.54 Å². The number of nitrogens with zero attached hydrogens (tertiary/aromatic N) is 1. The van der Waals surface area contributed by atoms with Gasteiger partial charge in [-0.1, -0.05) is 19.8 Å². The summed E-state index contributed by atoms with van der Waals surface area (Å²) in [4.78, 5) is 25.1. The second-order valence-corrected chi connectivity index (χ2v) is 7.39. The van der Waals surface area contributed by atoms with E-state index < -0.39 is 5.97 Å². The van der Waals surface area contributed by atoms with E-state index in [1.807, 2.05) is 0 Å². The number of amides is 2. The van der Waals surface area contributed by atoms with Crippen LogP contribution in [-0.4, -0.2) is 52.6 Å². The van der Waals surface area contributed by atoms with Crippen molar-refractivity contribution < 1.29 is 14.7 Å². The predicted octanol–water partition coefficient (Wildman–Crippen LogP) is 2.56. The molecule has 0 aromatic carbocycles. The van der Waals surface area contributed by atoms with Crippen molar-refractivity contribution in [3.8, 4) is 0 Å². The van der Waals surface area contributed by atoms with E-state index in [2.05, 4.69) is 12.2 Å². The molecule has 0 aromatic heterocycles. The summed E-state index contributed by atoms with van der Waals surface area (Å²) in [6.07, 6.45) is 6.04. The maximum absolute atomic E-state index is 12.4. The van der Waals surface area contributed by atoms with Crippen molar-refractivity contribution in [3.05, 3.63) is 0 Å². The van der Waals surface area contributed by atoms with Crippen LogP contribution in [0.3, 0.4) is 0 Å². The standard InChI is InChI=1S/C15H26N2O3S/c1-2-15(5-3-4-6-15)11-16-14(20)17-7-8-21-10-12(17)9-13(18)19/h12H,2-11H2,1H3,(H,16,20)(H,18,19). The molecule has 0 bridgehead atoms. The van der Waals surface area contributed by atoms with Crippen LogP contribution in [-0.2, 0) is 4.79 Å². The molecule has 6 heteroatoms. The lowest BCUT2D eigenvalue weighted by Crippen LogP contribution is -2.52. The first-order chi connectivity index (χ1) is 10.1. The molecule has 1 saturated carbocycles. The van der Waals surface area contributed by atoms with E-state index in [1.54, 1.807) is 16.7 Å². The zero-order valence-corrected chi connectivity index (χ0v) is 13.6. The van der Waals surface area contributed by atoms with Crippen LogP contribution in [0.25, 0.3) is 0 Å². The molecule has 5 nitrogen and oxygen atoms in total. The van der Waals surface area contributed by atoms with Gasteiger partial charge < -0.3 is 15.3 Å². The van der Waals surface area contributed by atoms with Gasteiger partial charge in [0, 0.05) is 24.6 Å². The summed E-state index contributed by atoms with van der Waals surface area (Å²) in [5, 5.41) is 12.1. The van der Waals surface area contributed by atoms with Crippen molar-refractivity contribution in [1.29, 1.82) is 0 Å². The number of hydrogen-bond acceptors (Lipinski definition) is 3. The topological polar surface area (TPSA) is 69.6 Å². The van der Waals surface area contributed by atoms with Gasteiger partial charge in [-0.15, -0.1) is 0 Å². The van der Waals surface area contributed by atoms with Crippen LogP contribution in [0, 0.1) is 5.41 Å². The number of hydrogen-bond donors (Lipinski definition) is 2. The fourth-order valence-corrected chi connectivity index (χ4v) is 4.50. The maximum Gasteiger partial charge on any atom is 0.317 e. The number of carbonyl (C=O) groups excluding carboxylic acids is 1. The third-order valence-corrected chi connectivity index (χ3v) is 6.02. The number of carboxylic acids is 1. The van der Waals surface area contributed by atoms with Crippen molar-refractivity contribution in [1.82, 2.24) is 10.2 Å². The van der Waals surface area contributed by atoms with Crippen LogP contribution in [0.5, 0.6) is 0 Å². The zero-order valence-electron chi connectivity index (χ0n) is 12.8. The van der Waals surface area contributed by atoms with E-state index in [1.165, 1.54) is 25.7 Å². The molecule has 120 valence electrons. The highest BCUT2D eigenvalue weighted by Gasteiger charge is 2.34. The molecule has 0 spiro atoms. The first kappa shape index (κ1) is 16.5. The van der Waals surface area contributed by atoms with E-state index >= 15 is 0 Å². The minimum absolute atomic E-state index is 0.0410. The molecule has 2 rings (SSSR count). The first-order valence-corrected chi connectivity index (χ1v) is 9.06. The fraction of sp³-hybridized carbons (Fsp3) is 0.867. The molecule has 2 fully saturated rings. The molecule has 1 atom stereocenters. The largest absolute Gasteiger partial charge is 0.481 e. The normalized spacial score (nSPS) is 24.8. The summed E-state index contributed by atoms with van der Waals surface area (Å²) < 4.78 is 0. The summed E-state index contributed by atoms with van der Waals surface area (Å²) in [5.74, 6) is 0.780. The Morgan fingerprint density at radius 1 is 1.38 bits per heavy atom. The lowest BCUT2D eigenvalue weighted by Gasteiger charge is -2.36. The van der Waals surface area contributed by atoms with Gasteiger partial charge in [0.25, 0.3) is 0 Å². The number of carbonyl (C=O) groups is 2. The van der Waals surface area contributed by atoms with Gasteiger partial charge >= 0.3 is 12.0 Å². The third kappa shape index (κ3) is 4.28. The smallest absolute Gasteiger partial charge is 0.317 e. The Kier molecular flexibility index (Phi) is 5.79. The molecule has 21 heavy (non-hydrogen) atoms. The molecule has 1 unspecified atom stereocenters. The predicted molar refractivity (Wildman–Crippen MR) is 84.7 cm³/mol. The van der Waals surface area contributed by atoms with Crippen LogP contribution in [0.1, 0.15) is 45.4 Å². The molecular formula is C15H26N2O3S. The number of urea groups is 1. The van der Waals surface area contributed by atoms with E-state index in [9.17, 15) is 9.59 Å². The molecular weight excluding hydrogens is 288 g/mol. The van der Waals surface area contributed by atoms with E-state index in [4.69, 9.17) is 5.11 Å². The summed E-state index contributed by atoms with van der Waals surface area (Å²) in [6.45, 7) is 3.57. The lowest BCUT2D eigenvalue weighted by atomic mass is 9.83. The van der Waals surface area contributed by atoms with Crippen molar-refractivity contribution in [2.45, 2.75) is 51.5 Å². The minimum atomic E-state index is -0.832. The van der Waals surface area contributed by atoms with Gasteiger partial charge in [-0.25, -0.2) is 4.79 Å². The molecule has 1 saturated heterocycles. The number of thioether (sulfide) groups is 1. The molecule has 1 aliphatic heterocycles. The summed E-state index contributed by atoms with van der Waals surface area (Å²) in [6, 6.07) is -0.260. The summed E-state index contributed by atoms with van der Waals surface area (Å²) in [5.41, 5.74) is 0.266. The van der Waals surface area contributed by atoms with Crippen molar-refractivity contribution in [2.75, 3.05) is 24.6 Å². The van der Waals surface area contributed by atoms with Gasteiger partial charge in [-0.2, -0.15) is 11.8 Å². The zero-order chi connectivity index (χ0) is 15.3. The fourth-order valence-electron chi connectivity index (χ4n) is 3.44. The van der Waals surface area contributed by atoms with Gasteiger partial charge in [0.05, 0.1) is 12.5 Å². The van der Waals surface area contributed by atoms with Crippen molar-refractivity contribution in [3.63, 3.8) is 0 Å². The third-order valence-electron chi connectivity index (χ3n) is 4.93. The van der Waals surface area contributed by atoms with Gasteiger partial charge in [-0.05, 0) is 24.7 Å². The Morgan fingerprint density at radius 2 is 2.10 bits per heavy atom. The van der Waals surface area contributed by atoms with Gasteiger partial charge in [0.1, 0.15) is 0 Å². The molecule has 0 aromatic rings. The van der Waals surface area contributed by atoms with Gasteiger partial charge in [0.15, 0.2) is 0 Å². The van der Waals surface area contributed by atoms with E-state index in [0.717, 1.165) is 24.5 Å². The Hall–Kier alpha value is -0.910. The van der Waals surface area contributed by atoms with Crippen LogP contribution >= 0.6 is 11.8 Å². The first-order valence-electron chi connectivity index (χ1n) is 7.90. The summed E-state index contributed by atoms with van der Waals surface area (Å²) in [7, 11) is 0. The number of carboxylic acid groups (broad SMARTS) is 1. The second kappa shape index (κ2) is 7.38. The Morgan fingerprint density at radius 3 is 2.71 bits per heavy atom. The quantitative estimate of drug-likeness (QED) is 0.818. The molecule has 1 heterocycles. The minimum Gasteiger partial charge on any atom is -0.481 e. The van der Waals surface area contributed by atoms with Crippen LogP contribution < -0.4 is 5.32 Å². The SMILES string of the molecule is CCC1(CNC(=O)N2CCSCC2CC(=O)O)CCCC1. The Bertz CT molecular complexity index is 383. The number of aliphatic carboxylic acids is 1. The van der Waals surface area contributed by atoms with Gasteiger partial charge in [-0.3, -0.25) is 4.79 Å². The lowest BCUT2D eigenvalue weighted by molar-refractivity contribution is -0.138. The molecule has 2 amide bonds. The maximum atomic E-state index is 12.4. The van der Waals surface area contributed by atoms with Crippen molar-refractivity contribution in [2.24, 2.45) is 5.41 Å². The Labute approximate surface area is 130 Å². The molecule has 2 aliphatic rings. The average Bonchev–Trinajstić information content (AvgIpc) is 2.94. The monoisotopic (exact) mass is 314 g/mol. The number of nitrogens with one attached hydrogen (secondary N) is 1. The van der Waals surface area contributed by atoms with Crippen molar-refractivity contribution >= 4 is 23.8 Å². The average molecular weight is 314 g/mol. The van der Waals surface area contributed by atoms with Crippen LogP contribution in [0.2, 0.25) is 0 Å². The van der Waals surface area contributed by atoms with Crippen LogP contribution in [0.15, 0.2) is 0 Å². The van der Waals surface area contributed by atoms with Gasteiger partial charge in [0.2, 0.25) is 0 Å². The summed E-state index contributed by atoms with van der Waals surface area (Å²) >= 11 is 1.73. The molecule has 1 aliphatic carbocycles. The molecule has 2 N–H and O–H groups in total. The van der Waals surface area contributed by atoms with Crippen LogP contribution in [0.4, 0.5) is 4.79 Å². The molecule has 0 radical (unpaired) electrons.